The zero-order chi connectivity index (χ0) is 20.2. The second kappa shape index (κ2) is 8.35. The van der Waals surface area contributed by atoms with Crippen molar-refractivity contribution < 1.29 is 18.0 Å². The maximum absolute atomic E-state index is 12.5. The number of hydrogen-bond donors (Lipinski definition) is 2. The van der Waals surface area contributed by atoms with Crippen molar-refractivity contribution in [3.63, 3.8) is 0 Å². The molecule has 0 fully saturated rings. The predicted molar refractivity (Wildman–Crippen MR) is 106 cm³/mol. The Morgan fingerprint density at radius 3 is 2.22 bits per heavy atom. The van der Waals surface area contributed by atoms with E-state index in [1.54, 1.807) is 37.3 Å². The summed E-state index contributed by atoms with van der Waals surface area (Å²) in [5.41, 5.74) is 1.98. The fourth-order valence-corrected chi connectivity index (χ4v) is 3.04. The van der Waals surface area contributed by atoms with Crippen LogP contribution in [0.15, 0.2) is 47.4 Å². The molecule has 0 aliphatic carbocycles. The third kappa shape index (κ3) is 5.40. The van der Waals surface area contributed by atoms with Crippen molar-refractivity contribution in [2.24, 2.45) is 0 Å². The standard InChI is InChI=1S/C20H24N2O4S/c1-5-14(3)21-19(23)15-7-9-16(10-8-15)22-20(24)18-12-17(27(4,25)26)11-6-13(18)2/h6-12,14H,5H2,1-4H3,(H,21,23)(H,22,24). The molecule has 7 heteroatoms. The highest BCUT2D eigenvalue weighted by Crippen LogP contribution is 2.18. The van der Waals surface area contributed by atoms with Crippen molar-refractivity contribution in [2.45, 2.75) is 38.1 Å². The van der Waals surface area contributed by atoms with Gasteiger partial charge in [0.05, 0.1) is 4.90 Å². The maximum Gasteiger partial charge on any atom is 0.255 e. The van der Waals surface area contributed by atoms with Gasteiger partial charge in [-0.25, -0.2) is 8.42 Å². The Balaban J connectivity index is 2.16. The number of aryl methyl sites for hydroxylation is 1. The zero-order valence-corrected chi connectivity index (χ0v) is 16.7. The van der Waals surface area contributed by atoms with Gasteiger partial charge in [0, 0.05) is 29.1 Å². The Kier molecular flexibility index (Phi) is 6.38. The highest BCUT2D eigenvalue weighted by molar-refractivity contribution is 7.90. The Labute approximate surface area is 159 Å². The largest absolute Gasteiger partial charge is 0.350 e. The van der Waals surface area contributed by atoms with Crippen molar-refractivity contribution in [1.82, 2.24) is 5.32 Å². The molecule has 144 valence electrons. The van der Waals surface area contributed by atoms with E-state index in [9.17, 15) is 18.0 Å². The number of rotatable bonds is 6. The molecule has 0 spiro atoms. The summed E-state index contributed by atoms with van der Waals surface area (Å²) in [5.74, 6) is -0.575. The van der Waals surface area contributed by atoms with Crippen LogP contribution >= 0.6 is 0 Å². The van der Waals surface area contributed by atoms with Crippen LogP contribution in [0, 0.1) is 6.92 Å². The minimum Gasteiger partial charge on any atom is -0.350 e. The number of hydrogen-bond acceptors (Lipinski definition) is 4. The van der Waals surface area contributed by atoms with Gasteiger partial charge in [-0.1, -0.05) is 13.0 Å². The molecule has 2 N–H and O–H groups in total. The second-order valence-electron chi connectivity index (χ2n) is 6.56. The topological polar surface area (TPSA) is 92.3 Å². The van der Waals surface area contributed by atoms with Crippen molar-refractivity contribution >= 4 is 27.3 Å². The summed E-state index contributed by atoms with van der Waals surface area (Å²) >= 11 is 0. The van der Waals surface area contributed by atoms with Crippen molar-refractivity contribution in [1.29, 1.82) is 0 Å². The fourth-order valence-electron chi connectivity index (χ4n) is 2.39. The van der Waals surface area contributed by atoms with Crippen LogP contribution in [0.5, 0.6) is 0 Å². The van der Waals surface area contributed by atoms with Crippen molar-refractivity contribution in [3.8, 4) is 0 Å². The van der Waals surface area contributed by atoms with Crippen LogP contribution in [-0.4, -0.2) is 32.5 Å². The number of anilines is 1. The molecule has 2 amide bonds. The number of sulfone groups is 1. The lowest BCUT2D eigenvalue weighted by molar-refractivity contribution is 0.0938. The zero-order valence-electron chi connectivity index (χ0n) is 15.9. The van der Waals surface area contributed by atoms with E-state index in [1.807, 2.05) is 13.8 Å². The maximum atomic E-state index is 12.5. The summed E-state index contributed by atoms with van der Waals surface area (Å²) in [4.78, 5) is 24.7. The van der Waals surface area contributed by atoms with Gasteiger partial charge in [-0.3, -0.25) is 9.59 Å². The molecular weight excluding hydrogens is 364 g/mol. The molecule has 1 atom stereocenters. The number of benzene rings is 2. The van der Waals surface area contributed by atoms with Crippen LogP contribution < -0.4 is 10.6 Å². The Hall–Kier alpha value is -2.67. The predicted octanol–water partition coefficient (Wildman–Crippen LogP) is 3.18. The Morgan fingerprint density at radius 2 is 1.67 bits per heavy atom. The first-order valence-electron chi connectivity index (χ1n) is 8.64. The molecule has 0 aliphatic rings. The molecule has 2 aromatic rings. The van der Waals surface area contributed by atoms with Crippen molar-refractivity contribution in [3.05, 3.63) is 59.2 Å². The molecule has 0 heterocycles. The molecule has 0 aliphatic heterocycles. The third-order valence-electron chi connectivity index (χ3n) is 4.28. The average Bonchev–Trinajstić information content (AvgIpc) is 2.61. The molecular formula is C20H24N2O4S. The van der Waals surface area contributed by atoms with E-state index in [4.69, 9.17) is 0 Å². The van der Waals surface area contributed by atoms with Crippen LogP contribution in [0.4, 0.5) is 5.69 Å². The lowest BCUT2D eigenvalue weighted by Gasteiger charge is -2.12. The van der Waals surface area contributed by atoms with E-state index >= 15 is 0 Å². The van der Waals surface area contributed by atoms with Crippen LogP contribution in [0.2, 0.25) is 0 Å². The van der Waals surface area contributed by atoms with E-state index in [2.05, 4.69) is 10.6 Å². The highest BCUT2D eigenvalue weighted by Gasteiger charge is 2.15. The molecule has 0 saturated heterocycles. The van der Waals surface area contributed by atoms with E-state index in [-0.39, 0.29) is 22.4 Å². The summed E-state index contributed by atoms with van der Waals surface area (Å²) < 4.78 is 23.4. The molecule has 0 aromatic heterocycles. The van der Waals surface area contributed by atoms with Gasteiger partial charge in [0.25, 0.3) is 11.8 Å². The van der Waals surface area contributed by atoms with Crippen LogP contribution in [-0.2, 0) is 9.84 Å². The molecule has 27 heavy (non-hydrogen) atoms. The van der Waals surface area contributed by atoms with E-state index < -0.39 is 15.7 Å². The average molecular weight is 388 g/mol. The van der Waals surface area contributed by atoms with E-state index in [0.717, 1.165) is 12.7 Å². The highest BCUT2D eigenvalue weighted by atomic mass is 32.2. The fraction of sp³-hybridized carbons (Fsp3) is 0.300. The minimum atomic E-state index is -3.40. The third-order valence-corrected chi connectivity index (χ3v) is 5.39. The molecule has 6 nitrogen and oxygen atoms in total. The molecule has 0 radical (unpaired) electrons. The number of amides is 2. The minimum absolute atomic E-state index is 0.0852. The normalized spacial score (nSPS) is 12.3. The first-order chi connectivity index (χ1) is 12.6. The quantitative estimate of drug-likeness (QED) is 0.795. The molecule has 1 unspecified atom stereocenters. The lowest BCUT2D eigenvalue weighted by atomic mass is 10.1. The van der Waals surface area contributed by atoms with Crippen molar-refractivity contribution in [2.75, 3.05) is 11.6 Å². The number of carbonyl (C=O) groups is 2. The first kappa shape index (κ1) is 20.6. The van der Waals surface area contributed by atoms with Crippen LogP contribution in [0.25, 0.3) is 0 Å². The van der Waals surface area contributed by atoms with Gasteiger partial charge >= 0.3 is 0 Å². The van der Waals surface area contributed by atoms with Gasteiger partial charge < -0.3 is 10.6 Å². The first-order valence-corrected chi connectivity index (χ1v) is 10.5. The summed E-state index contributed by atoms with van der Waals surface area (Å²) in [6, 6.07) is 11.1. The summed E-state index contributed by atoms with van der Waals surface area (Å²) in [6.45, 7) is 5.66. The van der Waals surface area contributed by atoms with Crippen LogP contribution in [0.3, 0.4) is 0 Å². The van der Waals surface area contributed by atoms with E-state index in [0.29, 0.717) is 16.8 Å². The van der Waals surface area contributed by atoms with E-state index in [1.165, 1.54) is 12.1 Å². The number of nitrogens with one attached hydrogen (secondary N) is 2. The SMILES string of the molecule is CCC(C)NC(=O)c1ccc(NC(=O)c2cc(S(C)(=O)=O)ccc2C)cc1. The van der Waals surface area contributed by atoms with Gasteiger partial charge in [-0.05, 0) is 62.2 Å². The Bertz CT molecular complexity index is 950. The lowest BCUT2D eigenvalue weighted by Crippen LogP contribution is -2.31. The summed E-state index contributed by atoms with van der Waals surface area (Å²) in [7, 11) is -3.40. The van der Waals surface area contributed by atoms with Gasteiger partial charge in [-0.2, -0.15) is 0 Å². The number of carbonyl (C=O) groups excluding carboxylic acids is 2. The summed E-state index contributed by atoms with van der Waals surface area (Å²) in [5, 5.41) is 5.61. The monoisotopic (exact) mass is 388 g/mol. The molecule has 0 bridgehead atoms. The molecule has 0 saturated carbocycles. The molecule has 2 aromatic carbocycles. The summed E-state index contributed by atoms with van der Waals surface area (Å²) in [6.07, 6.45) is 1.94. The van der Waals surface area contributed by atoms with Crippen LogP contribution in [0.1, 0.15) is 46.5 Å². The Morgan fingerprint density at radius 1 is 1.04 bits per heavy atom. The van der Waals surface area contributed by atoms with Gasteiger partial charge in [0.15, 0.2) is 9.84 Å². The molecule has 2 rings (SSSR count). The van der Waals surface area contributed by atoms with Gasteiger partial charge in [-0.15, -0.1) is 0 Å². The second-order valence-corrected chi connectivity index (χ2v) is 8.58. The van der Waals surface area contributed by atoms with Gasteiger partial charge in [0.2, 0.25) is 0 Å². The smallest absolute Gasteiger partial charge is 0.255 e. The van der Waals surface area contributed by atoms with Gasteiger partial charge in [0.1, 0.15) is 0 Å².